The first-order valence-corrected chi connectivity index (χ1v) is 19.1. The summed E-state index contributed by atoms with van der Waals surface area (Å²) >= 11 is 1.74. The predicted molar refractivity (Wildman–Crippen MR) is 153 cm³/mol. The van der Waals surface area contributed by atoms with Gasteiger partial charge in [0.1, 0.15) is 0 Å². The zero-order valence-corrected chi connectivity index (χ0v) is 28.9. The molecule has 0 amide bonds. The molecule has 0 N–H and O–H groups in total. The molecule has 36 heavy (non-hydrogen) atoms. The fraction of sp³-hybridized carbons (Fsp3) is 0.438. The summed E-state index contributed by atoms with van der Waals surface area (Å²) in [6, 6.07) is 18.6. The second kappa shape index (κ2) is 16.3. The Morgan fingerprint density at radius 2 is 0.972 bits per heavy atom. The van der Waals surface area contributed by atoms with Crippen LogP contribution in [0.4, 0.5) is 0 Å². The summed E-state index contributed by atoms with van der Waals surface area (Å²) in [5, 5.41) is 5.73. The van der Waals surface area contributed by atoms with Gasteiger partial charge in [0.25, 0.3) is 0 Å². The van der Waals surface area contributed by atoms with Gasteiger partial charge in [-0.2, -0.15) is 12.1 Å². The Labute approximate surface area is 248 Å². The minimum atomic E-state index is 0. The van der Waals surface area contributed by atoms with E-state index in [2.05, 4.69) is 117 Å². The number of rotatable bonds is 4. The van der Waals surface area contributed by atoms with Gasteiger partial charge < -0.3 is 24.8 Å². The Morgan fingerprint density at radius 1 is 0.667 bits per heavy atom. The van der Waals surface area contributed by atoms with Gasteiger partial charge in [-0.3, -0.25) is 0 Å². The first-order chi connectivity index (χ1) is 16.0. The third-order valence-electron chi connectivity index (χ3n) is 6.18. The Balaban J connectivity index is 0.000000566. The van der Waals surface area contributed by atoms with Crippen molar-refractivity contribution in [2.75, 3.05) is 0 Å². The first kappa shape index (κ1) is 35.3. The van der Waals surface area contributed by atoms with Gasteiger partial charge >= 0.3 is 41.9 Å². The van der Waals surface area contributed by atoms with Gasteiger partial charge in [-0.15, -0.1) is 56.9 Å². The monoisotopic (exact) mass is 616 g/mol. The van der Waals surface area contributed by atoms with Gasteiger partial charge in [0.2, 0.25) is 0 Å². The molecule has 0 saturated carbocycles. The van der Waals surface area contributed by atoms with Gasteiger partial charge in [-0.1, -0.05) is 75.9 Å². The number of benzene rings is 2. The molecule has 0 aliphatic carbocycles. The van der Waals surface area contributed by atoms with Crippen molar-refractivity contribution in [3.05, 3.63) is 81.9 Å². The van der Waals surface area contributed by atoms with E-state index in [0.29, 0.717) is 11.8 Å². The van der Waals surface area contributed by atoms with Crippen LogP contribution >= 0.6 is 0 Å². The second-order valence-corrected chi connectivity index (χ2v) is 19.8. The summed E-state index contributed by atoms with van der Waals surface area (Å²) in [5.41, 5.74) is 8.85. The molecule has 0 spiro atoms. The summed E-state index contributed by atoms with van der Waals surface area (Å²) in [6.45, 7) is 22.5. The molecule has 0 aliphatic rings. The Hall–Kier alpha value is -0.660. The van der Waals surface area contributed by atoms with Crippen LogP contribution in [0.5, 0.6) is 0 Å². The number of hydrogen-bond donors (Lipinski definition) is 0. The fourth-order valence-corrected chi connectivity index (χ4v) is 4.50. The molecule has 0 bridgehead atoms. The van der Waals surface area contributed by atoms with Crippen molar-refractivity contribution in [1.82, 2.24) is 0 Å². The Morgan fingerprint density at radius 3 is 1.22 bits per heavy atom. The molecule has 0 nitrogen and oxygen atoms in total. The normalized spacial score (nSPS) is 10.4. The molecular formula is C32H44Cl2SiZr-2. The van der Waals surface area contributed by atoms with Gasteiger partial charge in [0, 0.05) is 0 Å². The summed E-state index contributed by atoms with van der Waals surface area (Å²) in [4.78, 5) is 0. The average Bonchev–Trinajstić information content (AvgIpc) is 3.35. The third-order valence-corrected chi connectivity index (χ3v) is 6.18. The van der Waals surface area contributed by atoms with E-state index in [1.54, 1.807) is 23.3 Å². The van der Waals surface area contributed by atoms with E-state index >= 15 is 0 Å². The Kier molecular flexibility index (Phi) is 16.0. The predicted octanol–water partition coefficient (Wildman–Crippen LogP) is 3.90. The van der Waals surface area contributed by atoms with Crippen LogP contribution < -0.4 is 24.8 Å². The van der Waals surface area contributed by atoms with Crippen LogP contribution in [0, 0.1) is 13.8 Å². The fourth-order valence-electron chi connectivity index (χ4n) is 4.50. The maximum absolute atomic E-state index is 2.35. The van der Waals surface area contributed by atoms with E-state index in [9.17, 15) is 0 Å². The zero-order chi connectivity index (χ0) is 25.6. The van der Waals surface area contributed by atoms with E-state index in [-0.39, 0.29) is 30.2 Å². The van der Waals surface area contributed by atoms with Crippen LogP contribution in [0.25, 0.3) is 21.5 Å². The van der Waals surface area contributed by atoms with Crippen molar-refractivity contribution in [2.45, 2.75) is 93.2 Å². The summed E-state index contributed by atoms with van der Waals surface area (Å²) < 4.78 is 0. The van der Waals surface area contributed by atoms with Crippen molar-refractivity contribution in [1.29, 1.82) is 0 Å². The topological polar surface area (TPSA) is 0 Å². The van der Waals surface area contributed by atoms with Crippen LogP contribution in [0.2, 0.25) is 13.1 Å². The zero-order valence-electron chi connectivity index (χ0n) is 23.9. The number of hydrogen-bond acceptors (Lipinski definition) is 0. The minimum Gasteiger partial charge on any atom is -1.00 e. The minimum absolute atomic E-state index is 0. The van der Waals surface area contributed by atoms with Gasteiger partial charge in [-0.25, -0.2) is 0 Å². The van der Waals surface area contributed by atoms with Crippen molar-refractivity contribution in [2.24, 2.45) is 0 Å². The van der Waals surface area contributed by atoms with E-state index in [1.165, 1.54) is 54.9 Å². The molecule has 0 aromatic heterocycles. The van der Waals surface area contributed by atoms with Gasteiger partial charge in [-0.05, 0) is 38.5 Å². The Bertz CT molecular complexity index is 1150. The van der Waals surface area contributed by atoms with Crippen LogP contribution in [0.1, 0.15) is 86.8 Å². The molecule has 0 radical (unpaired) electrons. The largest absolute Gasteiger partial charge is 1.00 e. The number of aryl methyl sites for hydroxylation is 4. The van der Waals surface area contributed by atoms with Crippen LogP contribution in [-0.4, -0.2) is 5.43 Å². The van der Waals surface area contributed by atoms with Gasteiger partial charge in [0.05, 0.1) is 0 Å². The van der Waals surface area contributed by atoms with Crippen LogP contribution in [0.15, 0.2) is 48.5 Å². The van der Waals surface area contributed by atoms with Crippen molar-refractivity contribution in [3.63, 3.8) is 0 Å². The molecule has 4 aromatic rings. The molecule has 0 heterocycles. The molecule has 0 atom stereocenters. The molecular weight excluding hydrogens is 575 g/mol. The molecule has 0 fully saturated rings. The standard InChI is InChI=1S/2C15H19.C2H6Si.2ClH.Zr/c2*1-5-12-8-13-6-11(4)7-14(10(2)3)15(13)9-12;1-3-2;;;/h2*6-10H,5H2,1-4H3;1-2H3;2*1H;/q2*-1;;;;+2/p-2. The molecule has 0 saturated heterocycles. The van der Waals surface area contributed by atoms with Crippen molar-refractivity contribution >= 4 is 27.0 Å². The quantitative estimate of drug-likeness (QED) is 0.241. The summed E-state index contributed by atoms with van der Waals surface area (Å²) in [7, 11) is 0. The number of fused-ring (bicyclic) bond motifs is 2. The smallest absolute Gasteiger partial charge is 1.00 e. The first-order valence-electron chi connectivity index (χ1n) is 12.9. The van der Waals surface area contributed by atoms with Gasteiger partial charge in [0.15, 0.2) is 0 Å². The third kappa shape index (κ3) is 9.90. The van der Waals surface area contributed by atoms with E-state index in [4.69, 9.17) is 0 Å². The summed E-state index contributed by atoms with van der Waals surface area (Å²) in [6.07, 6.45) is 2.26. The number of halogens is 2. The molecule has 4 aromatic carbocycles. The maximum Gasteiger partial charge on any atom is -1.00 e. The van der Waals surface area contributed by atoms with Crippen molar-refractivity contribution < 1.29 is 48.1 Å². The van der Waals surface area contributed by atoms with E-state index in [0.717, 1.165) is 12.8 Å². The molecule has 0 aliphatic heterocycles. The second-order valence-electron chi connectivity index (χ2n) is 10.5. The maximum atomic E-state index is 2.35. The molecule has 4 heteroatoms. The molecule has 196 valence electrons. The van der Waals surface area contributed by atoms with E-state index in [1.807, 2.05) is 0 Å². The van der Waals surface area contributed by atoms with E-state index < -0.39 is 0 Å². The SMILES string of the molecule is CCc1cc2c(C(C)C)cc(C)cc2[cH-]1.CCc1cc2c(C(C)C)cc(C)cc2[cH-]1.C[Si](C)=[Zr+2].[Cl-].[Cl-]. The molecule has 4 rings (SSSR count). The summed E-state index contributed by atoms with van der Waals surface area (Å²) in [5.74, 6) is 1.22. The van der Waals surface area contributed by atoms with Crippen molar-refractivity contribution in [3.8, 4) is 0 Å². The molecule has 0 unspecified atom stereocenters. The average molecular weight is 619 g/mol. The van der Waals surface area contributed by atoms with Crippen LogP contribution in [0.3, 0.4) is 0 Å². The van der Waals surface area contributed by atoms with Crippen LogP contribution in [-0.2, 0) is 36.2 Å².